The predicted octanol–water partition coefficient (Wildman–Crippen LogP) is 2.31. The second kappa shape index (κ2) is 3.66. The van der Waals surface area contributed by atoms with Crippen LogP contribution in [0, 0.1) is 0 Å². The molecule has 0 bridgehead atoms. The fraction of sp³-hybridized carbons (Fsp3) is 0.400. The lowest BCUT2D eigenvalue weighted by Gasteiger charge is -2.07. The summed E-state index contributed by atoms with van der Waals surface area (Å²) in [6.07, 6.45) is 3.44. The molecule has 3 heteroatoms. The maximum absolute atomic E-state index is 8.65. The van der Waals surface area contributed by atoms with Crippen LogP contribution in [0.1, 0.15) is 23.1 Å². The zero-order valence-corrected chi connectivity index (χ0v) is 8.06. The van der Waals surface area contributed by atoms with E-state index in [2.05, 4.69) is 5.48 Å². The van der Waals surface area contributed by atoms with Crippen molar-refractivity contribution in [3.05, 3.63) is 33.8 Å². The van der Waals surface area contributed by atoms with Gasteiger partial charge in [-0.2, -0.15) is 0 Å². The summed E-state index contributed by atoms with van der Waals surface area (Å²) in [5.74, 6) is 0. The summed E-state index contributed by atoms with van der Waals surface area (Å²) in [6, 6.07) is 3.96. The average Bonchev–Trinajstić information content (AvgIpc) is 2.52. The first-order valence-corrected chi connectivity index (χ1v) is 4.86. The first-order chi connectivity index (χ1) is 6.31. The Morgan fingerprint density at radius 2 is 2.23 bits per heavy atom. The molecule has 1 aromatic carbocycles. The van der Waals surface area contributed by atoms with Gasteiger partial charge in [-0.1, -0.05) is 11.6 Å². The number of hydrogen-bond donors (Lipinski definition) is 2. The standard InChI is InChI=1S/C10H12ClNO/c11-9-4-7-2-1-3-10(7)8(5-9)6-12-13/h4-5,12-13H,1-3,6H2. The zero-order valence-electron chi connectivity index (χ0n) is 7.31. The van der Waals surface area contributed by atoms with E-state index in [1.165, 1.54) is 17.5 Å². The molecular weight excluding hydrogens is 186 g/mol. The Labute approximate surface area is 82.5 Å². The fourth-order valence-electron chi connectivity index (χ4n) is 2.00. The van der Waals surface area contributed by atoms with Crippen molar-refractivity contribution in [3.8, 4) is 0 Å². The molecule has 1 aliphatic carbocycles. The third kappa shape index (κ3) is 1.70. The average molecular weight is 198 g/mol. The van der Waals surface area contributed by atoms with Gasteiger partial charge in [0.15, 0.2) is 0 Å². The molecule has 13 heavy (non-hydrogen) atoms. The highest BCUT2D eigenvalue weighted by Gasteiger charge is 2.15. The van der Waals surface area contributed by atoms with E-state index in [1.54, 1.807) is 0 Å². The van der Waals surface area contributed by atoms with Crippen molar-refractivity contribution in [2.24, 2.45) is 0 Å². The van der Waals surface area contributed by atoms with Crippen molar-refractivity contribution < 1.29 is 5.21 Å². The quantitative estimate of drug-likeness (QED) is 0.714. The minimum Gasteiger partial charge on any atom is -0.316 e. The number of rotatable bonds is 2. The molecule has 0 spiro atoms. The monoisotopic (exact) mass is 197 g/mol. The van der Waals surface area contributed by atoms with Crippen molar-refractivity contribution in [2.75, 3.05) is 0 Å². The van der Waals surface area contributed by atoms with Crippen molar-refractivity contribution >= 4 is 11.6 Å². The van der Waals surface area contributed by atoms with Crippen LogP contribution in [0.4, 0.5) is 0 Å². The minimum absolute atomic E-state index is 0.489. The van der Waals surface area contributed by atoms with Crippen LogP contribution in [0.25, 0.3) is 0 Å². The van der Waals surface area contributed by atoms with Gasteiger partial charge in [-0.25, -0.2) is 5.48 Å². The number of nitrogens with one attached hydrogen (secondary N) is 1. The summed E-state index contributed by atoms with van der Waals surface area (Å²) in [5, 5.41) is 9.42. The Kier molecular flexibility index (Phi) is 2.54. The second-order valence-corrected chi connectivity index (χ2v) is 3.83. The summed E-state index contributed by atoms with van der Waals surface area (Å²) in [7, 11) is 0. The molecule has 1 aliphatic rings. The highest BCUT2D eigenvalue weighted by atomic mass is 35.5. The molecule has 0 saturated carbocycles. The molecule has 2 N–H and O–H groups in total. The first kappa shape index (κ1) is 9.00. The van der Waals surface area contributed by atoms with E-state index in [9.17, 15) is 0 Å². The topological polar surface area (TPSA) is 32.3 Å². The molecular formula is C10H12ClNO. The lowest BCUT2D eigenvalue weighted by atomic mass is 10.0. The van der Waals surface area contributed by atoms with Crippen LogP contribution in [0.3, 0.4) is 0 Å². The number of halogens is 1. The van der Waals surface area contributed by atoms with Gasteiger partial charge in [-0.15, -0.1) is 0 Å². The number of fused-ring (bicyclic) bond motifs is 1. The van der Waals surface area contributed by atoms with Gasteiger partial charge in [-0.3, -0.25) is 0 Å². The van der Waals surface area contributed by atoms with Crippen LogP contribution >= 0.6 is 11.6 Å². The molecule has 0 atom stereocenters. The highest BCUT2D eigenvalue weighted by Crippen LogP contribution is 2.28. The third-order valence-electron chi connectivity index (χ3n) is 2.54. The summed E-state index contributed by atoms with van der Waals surface area (Å²) in [6.45, 7) is 0.489. The van der Waals surface area contributed by atoms with Crippen molar-refractivity contribution in [1.29, 1.82) is 0 Å². The van der Waals surface area contributed by atoms with E-state index >= 15 is 0 Å². The molecule has 2 nitrogen and oxygen atoms in total. The van der Waals surface area contributed by atoms with Crippen LogP contribution in [-0.4, -0.2) is 5.21 Å². The Morgan fingerprint density at radius 3 is 3.00 bits per heavy atom. The van der Waals surface area contributed by atoms with Crippen molar-refractivity contribution in [2.45, 2.75) is 25.8 Å². The lowest BCUT2D eigenvalue weighted by molar-refractivity contribution is 0.161. The summed E-state index contributed by atoms with van der Waals surface area (Å²) in [4.78, 5) is 0. The molecule has 0 heterocycles. The molecule has 0 fully saturated rings. The molecule has 1 aromatic rings. The molecule has 0 aliphatic heterocycles. The van der Waals surface area contributed by atoms with Gasteiger partial charge in [0, 0.05) is 11.6 Å². The molecule has 0 amide bonds. The van der Waals surface area contributed by atoms with Gasteiger partial charge in [0.2, 0.25) is 0 Å². The van der Waals surface area contributed by atoms with Gasteiger partial charge >= 0.3 is 0 Å². The Morgan fingerprint density at radius 1 is 1.38 bits per heavy atom. The SMILES string of the molecule is ONCc1cc(Cl)cc2c1CCC2. The van der Waals surface area contributed by atoms with Gasteiger partial charge in [-0.05, 0) is 48.1 Å². The predicted molar refractivity (Wildman–Crippen MR) is 52.1 cm³/mol. The van der Waals surface area contributed by atoms with Gasteiger partial charge < -0.3 is 5.21 Å². The van der Waals surface area contributed by atoms with Crippen molar-refractivity contribution in [1.82, 2.24) is 5.48 Å². The number of hydroxylamine groups is 1. The van der Waals surface area contributed by atoms with E-state index in [-0.39, 0.29) is 0 Å². The summed E-state index contributed by atoms with van der Waals surface area (Å²) < 4.78 is 0. The maximum Gasteiger partial charge on any atom is 0.0461 e. The van der Waals surface area contributed by atoms with E-state index in [4.69, 9.17) is 16.8 Å². The van der Waals surface area contributed by atoms with Crippen LogP contribution < -0.4 is 5.48 Å². The van der Waals surface area contributed by atoms with Gasteiger partial charge in [0.25, 0.3) is 0 Å². The van der Waals surface area contributed by atoms with Gasteiger partial charge in [0.05, 0.1) is 0 Å². The second-order valence-electron chi connectivity index (χ2n) is 3.39. The molecule has 0 aromatic heterocycles. The summed E-state index contributed by atoms with van der Waals surface area (Å²) >= 11 is 5.95. The van der Waals surface area contributed by atoms with Crippen LogP contribution in [0.2, 0.25) is 5.02 Å². The van der Waals surface area contributed by atoms with E-state index in [0.29, 0.717) is 6.54 Å². The molecule has 0 radical (unpaired) electrons. The van der Waals surface area contributed by atoms with Crippen LogP contribution in [-0.2, 0) is 19.4 Å². The first-order valence-electron chi connectivity index (χ1n) is 4.48. The largest absolute Gasteiger partial charge is 0.316 e. The smallest absolute Gasteiger partial charge is 0.0461 e. The fourth-order valence-corrected chi connectivity index (χ4v) is 2.26. The maximum atomic E-state index is 8.65. The molecule has 0 saturated heterocycles. The van der Waals surface area contributed by atoms with Crippen LogP contribution in [0.15, 0.2) is 12.1 Å². The lowest BCUT2D eigenvalue weighted by Crippen LogP contribution is -2.08. The molecule has 70 valence electrons. The van der Waals surface area contributed by atoms with Gasteiger partial charge in [0.1, 0.15) is 0 Å². The number of hydrogen-bond acceptors (Lipinski definition) is 2. The number of aryl methyl sites for hydroxylation is 1. The zero-order chi connectivity index (χ0) is 9.26. The highest BCUT2D eigenvalue weighted by molar-refractivity contribution is 6.30. The minimum atomic E-state index is 0.489. The normalized spacial score (nSPS) is 14.6. The molecule has 0 unspecified atom stereocenters. The molecule has 2 rings (SSSR count). The van der Waals surface area contributed by atoms with E-state index in [1.807, 2.05) is 12.1 Å². The summed E-state index contributed by atoms with van der Waals surface area (Å²) in [5.41, 5.74) is 6.02. The van der Waals surface area contributed by atoms with Crippen molar-refractivity contribution in [3.63, 3.8) is 0 Å². The Hall–Kier alpha value is -0.570. The Balaban J connectivity index is 2.43. The van der Waals surface area contributed by atoms with E-state index < -0.39 is 0 Å². The third-order valence-corrected chi connectivity index (χ3v) is 2.76. The number of benzene rings is 1. The van der Waals surface area contributed by atoms with Crippen LogP contribution in [0.5, 0.6) is 0 Å². The van der Waals surface area contributed by atoms with E-state index in [0.717, 1.165) is 23.4 Å². The Bertz CT molecular complexity index is 325.